The first-order valence-corrected chi connectivity index (χ1v) is 9.63. The number of aromatic nitrogens is 2. The van der Waals surface area contributed by atoms with E-state index in [9.17, 15) is 8.42 Å². The Morgan fingerprint density at radius 2 is 2.14 bits per heavy atom. The van der Waals surface area contributed by atoms with Crippen molar-refractivity contribution in [1.82, 2.24) is 9.97 Å². The molecule has 0 radical (unpaired) electrons. The van der Waals surface area contributed by atoms with Crippen LogP contribution in [0.15, 0.2) is 6.07 Å². The van der Waals surface area contributed by atoms with Gasteiger partial charge in [0, 0.05) is 18.0 Å². The highest BCUT2D eigenvalue weighted by molar-refractivity contribution is 7.91. The molecule has 0 unspecified atom stereocenters. The maximum Gasteiger partial charge on any atom is 0.223 e. The van der Waals surface area contributed by atoms with E-state index in [2.05, 4.69) is 23.0 Å². The van der Waals surface area contributed by atoms with E-state index < -0.39 is 9.84 Å². The molecular weight excluding hydrogens is 308 g/mol. The largest absolute Gasteiger partial charge is 0.368 e. The summed E-state index contributed by atoms with van der Waals surface area (Å²) in [5.74, 6) is 1.43. The molecule has 1 saturated heterocycles. The van der Waals surface area contributed by atoms with Crippen LogP contribution in [0.25, 0.3) is 10.2 Å². The predicted octanol–water partition coefficient (Wildman–Crippen LogP) is 1.46. The SMILES string of the molecule is CCc1cc2c(N3CCCS(=O)(=O)CC3)nc(N)nc2s1. The quantitative estimate of drug-likeness (QED) is 0.899. The van der Waals surface area contributed by atoms with Crippen LogP contribution in [0.3, 0.4) is 0 Å². The molecule has 1 aliphatic rings. The number of fused-ring (bicyclic) bond motifs is 1. The van der Waals surface area contributed by atoms with Crippen molar-refractivity contribution in [3.05, 3.63) is 10.9 Å². The number of nitrogens with zero attached hydrogens (tertiary/aromatic N) is 3. The number of nitrogens with two attached hydrogens (primary N) is 1. The Kier molecular flexibility index (Phi) is 3.75. The Hall–Kier alpha value is -1.41. The van der Waals surface area contributed by atoms with Crippen molar-refractivity contribution in [2.45, 2.75) is 19.8 Å². The van der Waals surface area contributed by atoms with Gasteiger partial charge in [-0.1, -0.05) is 6.92 Å². The van der Waals surface area contributed by atoms with Crippen molar-refractivity contribution in [2.75, 3.05) is 35.2 Å². The van der Waals surface area contributed by atoms with E-state index in [0.29, 0.717) is 19.5 Å². The van der Waals surface area contributed by atoms with Gasteiger partial charge in [-0.2, -0.15) is 4.98 Å². The number of anilines is 2. The van der Waals surface area contributed by atoms with Crippen LogP contribution in [0.1, 0.15) is 18.2 Å². The van der Waals surface area contributed by atoms with Crippen LogP contribution in [0.4, 0.5) is 11.8 Å². The minimum atomic E-state index is -2.94. The number of hydrogen-bond acceptors (Lipinski definition) is 7. The molecule has 0 spiro atoms. The van der Waals surface area contributed by atoms with Crippen molar-refractivity contribution in [1.29, 1.82) is 0 Å². The van der Waals surface area contributed by atoms with Crippen molar-refractivity contribution in [2.24, 2.45) is 0 Å². The summed E-state index contributed by atoms with van der Waals surface area (Å²) in [6.45, 7) is 3.24. The third-order valence-corrected chi connectivity index (χ3v) is 6.53. The second-order valence-electron chi connectivity index (χ2n) is 5.18. The van der Waals surface area contributed by atoms with Gasteiger partial charge in [-0.3, -0.25) is 0 Å². The van der Waals surface area contributed by atoms with Gasteiger partial charge < -0.3 is 10.6 Å². The molecular formula is C13H18N4O2S2. The zero-order valence-electron chi connectivity index (χ0n) is 11.9. The minimum absolute atomic E-state index is 0.170. The van der Waals surface area contributed by atoms with Crippen molar-refractivity contribution < 1.29 is 8.42 Å². The Balaban J connectivity index is 2.04. The summed E-state index contributed by atoms with van der Waals surface area (Å²) in [7, 11) is -2.94. The van der Waals surface area contributed by atoms with Crippen LogP contribution in [0.2, 0.25) is 0 Å². The Morgan fingerprint density at radius 1 is 1.33 bits per heavy atom. The normalized spacial score (nSPS) is 18.8. The molecule has 1 aliphatic heterocycles. The van der Waals surface area contributed by atoms with Gasteiger partial charge in [0.25, 0.3) is 0 Å². The van der Waals surface area contributed by atoms with Crippen LogP contribution in [-0.4, -0.2) is 43.0 Å². The van der Waals surface area contributed by atoms with E-state index >= 15 is 0 Å². The first kappa shape index (κ1) is 14.5. The summed E-state index contributed by atoms with van der Waals surface area (Å²) in [5.41, 5.74) is 5.81. The van der Waals surface area contributed by atoms with Crippen LogP contribution in [0, 0.1) is 0 Å². The Morgan fingerprint density at radius 3 is 2.90 bits per heavy atom. The average molecular weight is 326 g/mol. The van der Waals surface area contributed by atoms with Gasteiger partial charge in [0.15, 0.2) is 9.84 Å². The summed E-state index contributed by atoms with van der Waals surface area (Å²) in [6, 6.07) is 2.09. The summed E-state index contributed by atoms with van der Waals surface area (Å²) in [5, 5.41) is 0.977. The molecule has 6 nitrogen and oxygen atoms in total. The maximum atomic E-state index is 11.7. The fraction of sp³-hybridized carbons (Fsp3) is 0.538. The zero-order valence-corrected chi connectivity index (χ0v) is 13.5. The van der Waals surface area contributed by atoms with E-state index in [1.807, 2.05) is 4.90 Å². The molecule has 114 valence electrons. The van der Waals surface area contributed by atoms with Gasteiger partial charge in [-0.25, -0.2) is 13.4 Å². The molecule has 2 aromatic rings. The molecule has 3 heterocycles. The first-order valence-electron chi connectivity index (χ1n) is 7.00. The molecule has 2 aromatic heterocycles. The molecule has 1 fully saturated rings. The number of rotatable bonds is 2. The van der Waals surface area contributed by atoms with Gasteiger partial charge >= 0.3 is 0 Å². The molecule has 0 atom stereocenters. The standard InChI is InChI=1S/C13H18N4O2S2/c1-2-9-8-10-11(15-13(14)16-12(10)20-9)17-4-3-6-21(18,19)7-5-17/h8H,2-7H2,1H3,(H2,14,15,16). The number of aryl methyl sites for hydroxylation is 1. The van der Waals surface area contributed by atoms with Crippen LogP contribution < -0.4 is 10.6 Å². The highest BCUT2D eigenvalue weighted by atomic mass is 32.2. The number of sulfone groups is 1. The van der Waals surface area contributed by atoms with Crippen molar-refractivity contribution >= 4 is 43.2 Å². The van der Waals surface area contributed by atoms with E-state index in [-0.39, 0.29) is 17.5 Å². The van der Waals surface area contributed by atoms with Crippen LogP contribution >= 0.6 is 11.3 Å². The lowest BCUT2D eigenvalue weighted by Gasteiger charge is -2.21. The van der Waals surface area contributed by atoms with E-state index in [0.717, 1.165) is 22.5 Å². The lowest BCUT2D eigenvalue weighted by atomic mass is 10.3. The third-order valence-electron chi connectivity index (χ3n) is 3.64. The number of hydrogen-bond donors (Lipinski definition) is 1. The molecule has 0 bridgehead atoms. The van der Waals surface area contributed by atoms with Crippen molar-refractivity contribution in [3.8, 4) is 0 Å². The van der Waals surface area contributed by atoms with Crippen LogP contribution in [0.5, 0.6) is 0 Å². The van der Waals surface area contributed by atoms with E-state index in [1.165, 1.54) is 4.88 Å². The summed E-state index contributed by atoms with van der Waals surface area (Å²) >= 11 is 1.62. The Bertz CT molecular complexity index is 770. The smallest absolute Gasteiger partial charge is 0.223 e. The fourth-order valence-corrected chi connectivity index (χ4v) is 4.78. The zero-order chi connectivity index (χ0) is 15.0. The molecule has 2 N–H and O–H groups in total. The molecule has 21 heavy (non-hydrogen) atoms. The molecule has 0 saturated carbocycles. The topological polar surface area (TPSA) is 89.2 Å². The number of nitrogen functional groups attached to an aromatic ring is 1. The summed E-state index contributed by atoms with van der Waals surface area (Å²) in [6.07, 6.45) is 1.56. The first-order chi connectivity index (χ1) is 9.98. The predicted molar refractivity (Wildman–Crippen MR) is 86.7 cm³/mol. The van der Waals surface area contributed by atoms with Gasteiger partial charge in [-0.15, -0.1) is 11.3 Å². The molecule has 0 aliphatic carbocycles. The Labute approximate surface area is 127 Å². The summed E-state index contributed by atoms with van der Waals surface area (Å²) < 4.78 is 23.5. The lowest BCUT2D eigenvalue weighted by molar-refractivity contribution is 0.597. The van der Waals surface area contributed by atoms with Gasteiger partial charge in [-0.05, 0) is 18.9 Å². The highest BCUT2D eigenvalue weighted by Gasteiger charge is 2.22. The molecule has 0 amide bonds. The fourth-order valence-electron chi connectivity index (χ4n) is 2.54. The van der Waals surface area contributed by atoms with Gasteiger partial charge in [0.2, 0.25) is 5.95 Å². The van der Waals surface area contributed by atoms with Crippen molar-refractivity contribution in [3.63, 3.8) is 0 Å². The average Bonchev–Trinajstić information content (AvgIpc) is 2.75. The summed E-state index contributed by atoms with van der Waals surface area (Å²) in [4.78, 5) is 12.8. The van der Waals surface area contributed by atoms with E-state index in [4.69, 9.17) is 5.73 Å². The van der Waals surface area contributed by atoms with Gasteiger partial charge in [0.05, 0.1) is 16.9 Å². The molecule has 3 rings (SSSR count). The second-order valence-corrected chi connectivity index (χ2v) is 8.60. The molecule has 8 heteroatoms. The third kappa shape index (κ3) is 2.96. The number of thiophene rings is 1. The van der Waals surface area contributed by atoms with Gasteiger partial charge in [0.1, 0.15) is 10.6 Å². The second kappa shape index (κ2) is 5.42. The maximum absolute atomic E-state index is 11.7. The monoisotopic (exact) mass is 326 g/mol. The van der Waals surface area contributed by atoms with Crippen LogP contribution in [-0.2, 0) is 16.3 Å². The van der Waals surface area contributed by atoms with E-state index in [1.54, 1.807) is 11.3 Å². The minimum Gasteiger partial charge on any atom is -0.368 e. The highest BCUT2D eigenvalue weighted by Crippen LogP contribution is 2.32. The lowest BCUT2D eigenvalue weighted by Crippen LogP contribution is -2.28. The molecule has 0 aromatic carbocycles.